The van der Waals surface area contributed by atoms with Gasteiger partial charge in [-0.25, -0.2) is 0 Å². The Labute approximate surface area is 239 Å². The summed E-state index contributed by atoms with van der Waals surface area (Å²) in [5.41, 5.74) is 3.90. The fraction of sp³-hybridized carbons (Fsp3) is 0.548. The molecule has 0 saturated carbocycles. The predicted molar refractivity (Wildman–Crippen MR) is 159 cm³/mol. The number of nitrogens with one attached hydrogen (secondary N) is 1. The highest BCUT2D eigenvalue weighted by Gasteiger charge is 2.45. The van der Waals surface area contributed by atoms with Gasteiger partial charge in [0, 0.05) is 52.8 Å². The van der Waals surface area contributed by atoms with E-state index in [1.165, 1.54) is 73.6 Å². The largest absolute Gasteiger partial charge is 0.461 e. The average molecular weight is 590 g/mol. The van der Waals surface area contributed by atoms with Crippen molar-refractivity contribution < 1.29 is 4.74 Å². The summed E-state index contributed by atoms with van der Waals surface area (Å²) in [5, 5.41) is 6.33. The first-order valence-corrected chi connectivity index (χ1v) is 15.6. The quantitative estimate of drug-likeness (QED) is 0.455. The van der Waals surface area contributed by atoms with Crippen LogP contribution in [0, 0.1) is 0 Å². The highest BCUT2D eigenvalue weighted by molar-refractivity contribution is 9.10. The van der Waals surface area contributed by atoms with Gasteiger partial charge in [0.25, 0.3) is 0 Å². The van der Waals surface area contributed by atoms with Crippen LogP contribution in [0.1, 0.15) is 49.8 Å². The van der Waals surface area contributed by atoms with Gasteiger partial charge in [0.05, 0.1) is 17.8 Å². The van der Waals surface area contributed by atoms with Gasteiger partial charge in [-0.05, 0) is 75.6 Å². The summed E-state index contributed by atoms with van der Waals surface area (Å²) in [6, 6.07) is 14.8. The topological polar surface area (TPSA) is 56.8 Å². The van der Waals surface area contributed by atoms with E-state index in [1.54, 1.807) is 0 Å². The van der Waals surface area contributed by atoms with Crippen LogP contribution in [0.15, 0.2) is 40.9 Å². The first-order valence-electron chi connectivity index (χ1n) is 14.9. The smallest absolute Gasteiger partial charge is 0.318 e. The Morgan fingerprint density at radius 3 is 2.59 bits per heavy atom. The SMILES string of the molecule is Brc1cc(N2CCc3c(nc(OCC45CCCN4CCC5)nc3N3C[C@H]4CC[C@@H](C3)N4)C2)c2ccccc2c1. The van der Waals surface area contributed by atoms with Crippen LogP contribution in [0.4, 0.5) is 11.5 Å². The Balaban J connectivity index is 1.14. The molecule has 7 nitrogen and oxygen atoms in total. The summed E-state index contributed by atoms with van der Waals surface area (Å²) < 4.78 is 7.67. The second kappa shape index (κ2) is 9.60. The third-order valence-electron chi connectivity index (χ3n) is 9.97. The van der Waals surface area contributed by atoms with E-state index in [4.69, 9.17) is 14.7 Å². The number of piperazine rings is 1. The number of nitrogens with zero attached hydrogens (tertiary/aromatic N) is 5. The summed E-state index contributed by atoms with van der Waals surface area (Å²) in [6.07, 6.45) is 8.49. The molecule has 39 heavy (non-hydrogen) atoms. The Morgan fingerprint density at radius 2 is 1.77 bits per heavy atom. The first-order chi connectivity index (χ1) is 19.1. The first kappa shape index (κ1) is 24.4. The molecule has 1 aromatic heterocycles. The standard InChI is InChI=1S/C31H37BrN6O/c32-22-15-21-5-1-2-6-25(21)28(16-22)36-14-9-26-27(19-36)34-30(39-20-31-10-3-12-38(31)13-4-11-31)35-29(26)37-17-23-7-8-24(18-37)33-23/h1-2,5-6,15-16,23-24,33H,3-4,7-14,17-20H2/t23-,24+. The van der Waals surface area contributed by atoms with E-state index >= 15 is 0 Å². The summed E-state index contributed by atoms with van der Waals surface area (Å²) in [4.78, 5) is 18.0. The van der Waals surface area contributed by atoms with Crippen molar-refractivity contribution in [3.63, 3.8) is 0 Å². The summed E-state index contributed by atoms with van der Waals surface area (Å²) in [5.74, 6) is 1.12. The zero-order chi connectivity index (χ0) is 26.0. The van der Waals surface area contributed by atoms with Gasteiger partial charge in [-0.1, -0.05) is 40.2 Å². The molecule has 1 N–H and O–H groups in total. The second-order valence-electron chi connectivity index (χ2n) is 12.3. The number of aromatic nitrogens is 2. The maximum absolute atomic E-state index is 6.56. The molecule has 0 spiro atoms. The van der Waals surface area contributed by atoms with E-state index in [1.807, 2.05) is 0 Å². The number of rotatable bonds is 5. The lowest BCUT2D eigenvalue weighted by Gasteiger charge is -2.38. The molecule has 5 aliphatic rings. The molecule has 4 saturated heterocycles. The second-order valence-corrected chi connectivity index (χ2v) is 13.2. The van der Waals surface area contributed by atoms with Gasteiger partial charge in [0.15, 0.2) is 0 Å². The zero-order valence-corrected chi connectivity index (χ0v) is 24.1. The molecular formula is C31H37BrN6O. The minimum Gasteiger partial charge on any atom is -0.461 e. The van der Waals surface area contributed by atoms with Crippen molar-refractivity contribution in [1.29, 1.82) is 0 Å². The lowest BCUT2D eigenvalue weighted by Crippen LogP contribution is -2.52. The van der Waals surface area contributed by atoms with Crippen molar-refractivity contribution in [2.24, 2.45) is 0 Å². The Bertz CT molecular complexity index is 1390. The van der Waals surface area contributed by atoms with E-state index in [0.717, 1.165) is 48.6 Å². The highest BCUT2D eigenvalue weighted by atomic mass is 79.9. The van der Waals surface area contributed by atoms with Crippen LogP contribution in [0.25, 0.3) is 10.8 Å². The molecule has 4 fully saturated rings. The van der Waals surface area contributed by atoms with E-state index in [9.17, 15) is 0 Å². The molecule has 0 amide bonds. The normalized spacial score (nSPS) is 25.8. The van der Waals surface area contributed by atoms with Crippen molar-refractivity contribution in [3.05, 3.63) is 52.1 Å². The van der Waals surface area contributed by atoms with Gasteiger partial charge in [-0.3, -0.25) is 4.90 Å². The number of ether oxygens (including phenoxy) is 1. The minimum absolute atomic E-state index is 0.189. The van der Waals surface area contributed by atoms with E-state index in [2.05, 4.69) is 72.3 Å². The maximum Gasteiger partial charge on any atom is 0.318 e. The molecule has 8 heteroatoms. The van der Waals surface area contributed by atoms with Crippen molar-refractivity contribution >= 4 is 38.2 Å². The molecule has 6 heterocycles. The van der Waals surface area contributed by atoms with Crippen LogP contribution < -0.4 is 19.9 Å². The van der Waals surface area contributed by atoms with Gasteiger partial charge in [0.2, 0.25) is 0 Å². The van der Waals surface area contributed by atoms with Crippen molar-refractivity contribution in [2.45, 2.75) is 69.1 Å². The van der Waals surface area contributed by atoms with Gasteiger partial charge in [-0.15, -0.1) is 0 Å². The molecule has 2 aromatic carbocycles. The number of anilines is 2. The third kappa shape index (κ3) is 4.30. The van der Waals surface area contributed by atoms with Crippen LogP contribution in [0.5, 0.6) is 6.01 Å². The number of hydrogen-bond acceptors (Lipinski definition) is 7. The summed E-state index contributed by atoms with van der Waals surface area (Å²) >= 11 is 3.76. The Kier molecular flexibility index (Phi) is 6.00. The van der Waals surface area contributed by atoms with Gasteiger partial charge in [0.1, 0.15) is 12.4 Å². The number of fused-ring (bicyclic) bond motifs is 5. The molecule has 8 rings (SSSR count). The van der Waals surface area contributed by atoms with E-state index in [0.29, 0.717) is 24.7 Å². The lowest BCUT2D eigenvalue weighted by molar-refractivity contribution is 0.107. The molecular weight excluding hydrogens is 552 g/mol. The number of halogens is 1. The zero-order valence-electron chi connectivity index (χ0n) is 22.5. The minimum atomic E-state index is 0.189. The van der Waals surface area contributed by atoms with Gasteiger partial charge < -0.3 is 19.9 Å². The van der Waals surface area contributed by atoms with Crippen LogP contribution in [-0.4, -0.2) is 71.8 Å². The molecule has 0 aliphatic carbocycles. The van der Waals surface area contributed by atoms with Crippen molar-refractivity contribution in [2.75, 3.05) is 49.1 Å². The van der Waals surface area contributed by atoms with E-state index < -0.39 is 0 Å². The van der Waals surface area contributed by atoms with Crippen LogP contribution in [0.2, 0.25) is 0 Å². The predicted octanol–water partition coefficient (Wildman–Crippen LogP) is 4.90. The fourth-order valence-corrected chi connectivity index (χ4v) is 8.53. The van der Waals surface area contributed by atoms with Crippen LogP contribution in [-0.2, 0) is 13.0 Å². The molecule has 0 unspecified atom stereocenters. The molecule has 2 bridgehead atoms. The van der Waals surface area contributed by atoms with Crippen LogP contribution >= 0.6 is 15.9 Å². The van der Waals surface area contributed by atoms with Crippen molar-refractivity contribution in [1.82, 2.24) is 20.2 Å². The molecule has 0 radical (unpaired) electrons. The molecule has 204 valence electrons. The molecule has 2 atom stereocenters. The molecule has 5 aliphatic heterocycles. The lowest BCUT2D eigenvalue weighted by atomic mass is 9.95. The van der Waals surface area contributed by atoms with Gasteiger partial charge >= 0.3 is 6.01 Å². The summed E-state index contributed by atoms with van der Waals surface area (Å²) in [6.45, 7) is 6.91. The monoisotopic (exact) mass is 588 g/mol. The Morgan fingerprint density at radius 1 is 0.974 bits per heavy atom. The van der Waals surface area contributed by atoms with Gasteiger partial charge in [-0.2, -0.15) is 9.97 Å². The fourth-order valence-electron chi connectivity index (χ4n) is 8.07. The summed E-state index contributed by atoms with van der Waals surface area (Å²) in [7, 11) is 0. The number of benzene rings is 2. The average Bonchev–Trinajstić information content (AvgIpc) is 3.64. The third-order valence-corrected chi connectivity index (χ3v) is 10.4. The molecule has 3 aromatic rings. The maximum atomic E-state index is 6.56. The van der Waals surface area contributed by atoms with E-state index in [-0.39, 0.29) is 5.54 Å². The van der Waals surface area contributed by atoms with Crippen LogP contribution in [0.3, 0.4) is 0 Å². The number of hydrogen-bond donors (Lipinski definition) is 1. The van der Waals surface area contributed by atoms with Crippen molar-refractivity contribution in [3.8, 4) is 6.01 Å². The highest BCUT2D eigenvalue weighted by Crippen LogP contribution is 2.40. The Hall–Kier alpha value is -2.42.